The number of aliphatic hydroxyl groups excluding tert-OH is 1. The van der Waals surface area contributed by atoms with Crippen molar-refractivity contribution in [2.24, 2.45) is 0 Å². The van der Waals surface area contributed by atoms with E-state index in [1.165, 1.54) is 0 Å². The predicted molar refractivity (Wildman–Crippen MR) is 109 cm³/mol. The summed E-state index contributed by atoms with van der Waals surface area (Å²) in [6.07, 6.45) is 1.71. The average molecular weight is 372 g/mol. The number of amides is 1. The van der Waals surface area contributed by atoms with E-state index >= 15 is 0 Å². The van der Waals surface area contributed by atoms with E-state index in [2.05, 4.69) is 20.3 Å². The lowest BCUT2D eigenvalue weighted by Crippen LogP contribution is -2.12. The Labute approximate surface area is 162 Å². The number of imidazole rings is 1. The zero-order chi connectivity index (χ0) is 19.5. The number of hydrogen-bond donors (Lipinski definition) is 3. The van der Waals surface area contributed by atoms with Crippen LogP contribution in [0, 0.1) is 0 Å². The van der Waals surface area contributed by atoms with Gasteiger partial charge in [-0.1, -0.05) is 31.2 Å². The topological polar surface area (TPSA) is 90.9 Å². The maximum absolute atomic E-state index is 12.8. The quantitative estimate of drug-likeness (QED) is 0.494. The van der Waals surface area contributed by atoms with Crippen LogP contribution in [0.4, 0.5) is 5.69 Å². The van der Waals surface area contributed by atoms with E-state index in [-0.39, 0.29) is 18.4 Å². The van der Waals surface area contributed by atoms with Crippen molar-refractivity contribution in [3.8, 4) is 11.5 Å². The molecule has 0 aliphatic carbocycles. The molecule has 140 valence electrons. The summed E-state index contributed by atoms with van der Waals surface area (Å²) in [6, 6.07) is 18.6. The normalized spacial score (nSPS) is 12.1. The largest absolute Gasteiger partial charge is 0.396 e. The standard InChI is InChI=1S/C22H20N4O2/c1-14(13-27)15-8-10-16(11-9-15)24-22(28)17-5-4-7-18-20(17)26-21(25-18)19-6-2-3-12-23-19/h2-12,14,27H,13H2,1H3,(H,24,28)(H,25,26). The van der Waals surface area contributed by atoms with Crippen LogP contribution in [-0.2, 0) is 0 Å². The van der Waals surface area contributed by atoms with Gasteiger partial charge in [-0.3, -0.25) is 9.78 Å². The van der Waals surface area contributed by atoms with Crippen molar-refractivity contribution in [1.29, 1.82) is 0 Å². The Kier molecular flexibility index (Phi) is 4.87. The number of fused-ring (bicyclic) bond motifs is 1. The Morgan fingerprint density at radius 3 is 2.64 bits per heavy atom. The third-order valence-electron chi connectivity index (χ3n) is 4.68. The summed E-state index contributed by atoms with van der Waals surface area (Å²) in [7, 11) is 0. The van der Waals surface area contributed by atoms with Gasteiger partial charge in [-0.05, 0) is 42.0 Å². The number of nitrogens with one attached hydrogen (secondary N) is 2. The van der Waals surface area contributed by atoms with Gasteiger partial charge in [0.05, 0.1) is 11.1 Å². The third kappa shape index (κ3) is 3.50. The number of aliphatic hydroxyl groups is 1. The number of benzene rings is 2. The maximum Gasteiger partial charge on any atom is 0.257 e. The minimum Gasteiger partial charge on any atom is -0.396 e. The van der Waals surface area contributed by atoms with Crippen LogP contribution < -0.4 is 5.32 Å². The number of aromatic nitrogens is 3. The van der Waals surface area contributed by atoms with Gasteiger partial charge in [-0.15, -0.1) is 0 Å². The summed E-state index contributed by atoms with van der Waals surface area (Å²) in [5.74, 6) is 0.457. The minimum atomic E-state index is -0.229. The molecular formula is C22H20N4O2. The first-order valence-corrected chi connectivity index (χ1v) is 9.08. The molecule has 0 bridgehead atoms. The molecule has 0 saturated carbocycles. The third-order valence-corrected chi connectivity index (χ3v) is 4.68. The van der Waals surface area contributed by atoms with Crippen molar-refractivity contribution >= 4 is 22.6 Å². The fraction of sp³-hybridized carbons (Fsp3) is 0.136. The first-order chi connectivity index (χ1) is 13.7. The van der Waals surface area contributed by atoms with Crippen molar-refractivity contribution in [2.45, 2.75) is 12.8 Å². The van der Waals surface area contributed by atoms with Crippen molar-refractivity contribution in [2.75, 3.05) is 11.9 Å². The average Bonchev–Trinajstić information content (AvgIpc) is 3.18. The summed E-state index contributed by atoms with van der Waals surface area (Å²) in [4.78, 5) is 24.9. The number of rotatable bonds is 5. The van der Waals surface area contributed by atoms with Gasteiger partial charge in [0.2, 0.25) is 0 Å². The monoisotopic (exact) mass is 372 g/mol. The molecule has 0 saturated heterocycles. The second-order valence-corrected chi connectivity index (χ2v) is 6.66. The molecule has 0 aliphatic rings. The van der Waals surface area contributed by atoms with Gasteiger partial charge in [-0.2, -0.15) is 0 Å². The number of H-pyrrole nitrogens is 1. The molecule has 1 amide bonds. The number of carbonyl (C=O) groups is 1. The summed E-state index contributed by atoms with van der Waals surface area (Å²) >= 11 is 0. The lowest BCUT2D eigenvalue weighted by molar-refractivity contribution is 0.102. The molecule has 4 rings (SSSR count). The Hall–Kier alpha value is -3.51. The smallest absolute Gasteiger partial charge is 0.257 e. The highest BCUT2D eigenvalue weighted by atomic mass is 16.3. The molecule has 1 atom stereocenters. The molecule has 0 radical (unpaired) electrons. The van der Waals surface area contributed by atoms with E-state index in [0.29, 0.717) is 22.6 Å². The Morgan fingerprint density at radius 1 is 1.11 bits per heavy atom. The summed E-state index contributed by atoms with van der Waals surface area (Å²) in [5, 5.41) is 12.2. The van der Waals surface area contributed by atoms with Gasteiger partial charge in [0, 0.05) is 24.4 Å². The molecule has 2 aromatic heterocycles. The molecule has 2 heterocycles. The van der Waals surface area contributed by atoms with Crippen LogP contribution in [0.5, 0.6) is 0 Å². The molecule has 0 aliphatic heterocycles. The SMILES string of the molecule is CC(CO)c1ccc(NC(=O)c2cccc3[nH]c(-c4ccccn4)nc23)cc1. The van der Waals surface area contributed by atoms with Gasteiger partial charge >= 0.3 is 0 Å². The molecule has 2 aromatic carbocycles. The van der Waals surface area contributed by atoms with Crippen LogP contribution in [0.15, 0.2) is 66.9 Å². The number of nitrogens with zero attached hydrogens (tertiary/aromatic N) is 2. The van der Waals surface area contributed by atoms with Gasteiger partial charge < -0.3 is 15.4 Å². The molecule has 0 spiro atoms. The van der Waals surface area contributed by atoms with Gasteiger partial charge in [-0.25, -0.2) is 4.98 Å². The zero-order valence-electron chi connectivity index (χ0n) is 15.4. The molecule has 1 unspecified atom stereocenters. The fourth-order valence-electron chi connectivity index (χ4n) is 3.04. The molecular weight excluding hydrogens is 352 g/mol. The Bertz CT molecular complexity index is 1100. The lowest BCUT2D eigenvalue weighted by Gasteiger charge is -2.10. The first kappa shape index (κ1) is 17.9. The lowest BCUT2D eigenvalue weighted by atomic mass is 10.0. The van der Waals surface area contributed by atoms with E-state index < -0.39 is 0 Å². The van der Waals surface area contributed by atoms with E-state index in [4.69, 9.17) is 0 Å². The summed E-state index contributed by atoms with van der Waals surface area (Å²) in [6.45, 7) is 2.04. The first-order valence-electron chi connectivity index (χ1n) is 9.08. The van der Waals surface area contributed by atoms with E-state index in [0.717, 1.165) is 16.8 Å². The highest BCUT2D eigenvalue weighted by Gasteiger charge is 2.15. The van der Waals surface area contributed by atoms with Crippen molar-refractivity contribution < 1.29 is 9.90 Å². The Balaban J connectivity index is 1.61. The molecule has 3 N–H and O–H groups in total. The number of aromatic amines is 1. The minimum absolute atomic E-state index is 0.0626. The van der Waals surface area contributed by atoms with Gasteiger partial charge in [0.15, 0.2) is 5.82 Å². The van der Waals surface area contributed by atoms with Crippen LogP contribution in [0.3, 0.4) is 0 Å². The van der Waals surface area contributed by atoms with Crippen LogP contribution >= 0.6 is 0 Å². The van der Waals surface area contributed by atoms with Gasteiger partial charge in [0.1, 0.15) is 11.2 Å². The van der Waals surface area contributed by atoms with Crippen LogP contribution in [-0.4, -0.2) is 32.6 Å². The second kappa shape index (κ2) is 7.62. The van der Waals surface area contributed by atoms with Gasteiger partial charge in [0.25, 0.3) is 5.91 Å². The van der Waals surface area contributed by atoms with Crippen molar-refractivity contribution in [1.82, 2.24) is 15.0 Å². The molecule has 0 fully saturated rings. The number of carbonyl (C=O) groups excluding carboxylic acids is 1. The predicted octanol–water partition coefficient (Wildman–Crippen LogP) is 3.97. The molecule has 28 heavy (non-hydrogen) atoms. The summed E-state index contributed by atoms with van der Waals surface area (Å²) in [5.41, 5.74) is 4.31. The highest BCUT2D eigenvalue weighted by molar-refractivity contribution is 6.11. The van der Waals surface area contributed by atoms with E-state index in [1.807, 2.05) is 61.5 Å². The molecule has 6 heteroatoms. The number of anilines is 1. The fourth-order valence-corrected chi connectivity index (χ4v) is 3.04. The second-order valence-electron chi connectivity index (χ2n) is 6.66. The van der Waals surface area contributed by atoms with Crippen LogP contribution in [0.25, 0.3) is 22.6 Å². The number of pyridine rings is 1. The van der Waals surface area contributed by atoms with Crippen molar-refractivity contribution in [3.63, 3.8) is 0 Å². The van der Waals surface area contributed by atoms with E-state index in [1.54, 1.807) is 12.3 Å². The highest BCUT2D eigenvalue weighted by Crippen LogP contribution is 2.23. The summed E-state index contributed by atoms with van der Waals surface area (Å²) < 4.78 is 0. The maximum atomic E-state index is 12.8. The van der Waals surface area contributed by atoms with E-state index in [9.17, 15) is 9.90 Å². The van der Waals surface area contributed by atoms with Crippen LogP contribution in [0.1, 0.15) is 28.8 Å². The molecule has 4 aromatic rings. The van der Waals surface area contributed by atoms with Crippen molar-refractivity contribution in [3.05, 3.63) is 78.0 Å². The zero-order valence-corrected chi connectivity index (χ0v) is 15.4. The number of hydrogen-bond acceptors (Lipinski definition) is 4. The Morgan fingerprint density at radius 2 is 1.93 bits per heavy atom. The number of para-hydroxylation sites is 1. The van der Waals surface area contributed by atoms with Crippen LogP contribution in [0.2, 0.25) is 0 Å². The molecule has 6 nitrogen and oxygen atoms in total.